The molecule has 17 heavy (non-hydrogen) atoms. The smallest absolute Gasteiger partial charge is 0.224 e. The van der Waals surface area contributed by atoms with Gasteiger partial charge in [0.25, 0.3) is 0 Å². The lowest BCUT2D eigenvalue weighted by Crippen LogP contribution is -2.42. The first-order valence-corrected chi connectivity index (χ1v) is 6.93. The number of hydrogen-bond acceptors (Lipinski definition) is 3. The summed E-state index contributed by atoms with van der Waals surface area (Å²) in [4.78, 5) is 13.8. The number of ether oxygens (including phenoxy) is 1. The van der Waals surface area contributed by atoms with Crippen LogP contribution in [0.4, 0.5) is 0 Å². The van der Waals surface area contributed by atoms with Crippen LogP contribution in [0.1, 0.15) is 25.7 Å². The molecule has 0 radical (unpaired) electrons. The molecular weight excluding hydrogens is 216 g/mol. The average Bonchev–Trinajstić information content (AvgIpc) is 3.05. The van der Waals surface area contributed by atoms with Crippen LogP contribution >= 0.6 is 0 Å². The molecule has 1 heterocycles. The van der Waals surface area contributed by atoms with Crippen molar-refractivity contribution in [3.63, 3.8) is 0 Å². The number of carbonyl (C=O) groups excluding carboxylic acids is 1. The summed E-state index contributed by atoms with van der Waals surface area (Å²) in [7, 11) is 0. The number of fused-ring (bicyclic) bond motifs is 1. The van der Waals surface area contributed by atoms with E-state index in [2.05, 4.69) is 5.32 Å². The Morgan fingerprint density at radius 2 is 2.12 bits per heavy atom. The molecule has 0 aromatic heterocycles. The number of hydrogen-bond donors (Lipinski definition) is 1. The number of morpholine rings is 1. The molecule has 2 saturated carbocycles. The van der Waals surface area contributed by atoms with Crippen LogP contribution in [0, 0.1) is 11.8 Å². The van der Waals surface area contributed by atoms with Crippen LogP contribution in [0.5, 0.6) is 0 Å². The van der Waals surface area contributed by atoms with E-state index in [1.165, 1.54) is 19.3 Å². The highest BCUT2D eigenvalue weighted by molar-refractivity contribution is 5.76. The van der Waals surface area contributed by atoms with E-state index in [4.69, 9.17) is 4.74 Å². The third kappa shape index (κ3) is 2.63. The monoisotopic (exact) mass is 238 g/mol. The largest absolute Gasteiger partial charge is 0.378 e. The first-order chi connectivity index (χ1) is 8.34. The zero-order valence-electron chi connectivity index (χ0n) is 10.4. The van der Waals surface area contributed by atoms with Crippen LogP contribution in [0.3, 0.4) is 0 Å². The Morgan fingerprint density at radius 3 is 2.76 bits per heavy atom. The zero-order chi connectivity index (χ0) is 11.7. The molecule has 4 heteroatoms. The average molecular weight is 238 g/mol. The summed E-state index contributed by atoms with van der Waals surface area (Å²) >= 11 is 0. The van der Waals surface area contributed by atoms with Crippen molar-refractivity contribution in [3.8, 4) is 0 Å². The Balaban J connectivity index is 1.34. The maximum Gasteiger partial charge on any atom is 0.224 e. The number of carbonyl (C=O) groups is 1. The van der Waals surface area contributed by atoms with Gasteiger partial charge in [-0.1, -0.05) is 0 Å². The van der Waals surface area contributed by atoms with Gasteiger partial charge in [-0.25, -0.2) is 0 Å². The summed E-state index contributed by atoms with van der Waals surface area (Å²) in [5.41, 5.74) is 0. The predicted octanol–water partition coefficient (Wildman–Crippen LogP) is 0.623. The van der Waals surface area contributed by atoms with E-state index < -0.39 is 0 Å². The van der Waals surface area contributed by atoms with Crippen molar-refractivity contribution < 1.29 is 9.53 Å². The molecule has 1 unspecified atom stereocenters. The summed E-state index contributed by atoms with van der Waals surface area (Å²) in [6.07, 6.45) is 4.80. The van der Waals surface area contributed by atoms with Gasteiger partial charge in [0.15, 0.2) is 0 Å². The van der Waals surface area contributed by atoms with E-state index >= 15 is 0 Å². The van der Waals surface area contributed by atoms with E-state index in [1.807, 2.05) is 4.90 Å². The van der Waals surface area contributed by atoms with E-state index in [-0.39, 0.29) is 5.91 Å². The zero-order valence-corrected chi connectivity index (χ0v) is 10.4. The lowest BCUT2D eigenvalue weighted by atomic mass is 10.1. The fourth-order valence-corrected chi connectivity index (χ4v) is 3.29. The van der Waals surface area contributed by atoms with Crippen molar-refractivity contribution >= 4 is 5.91 Å². The molecule has 1 saturated heterocycles. The topological polar surface area (TPSA) is 41.6 Å². The highest BCUT2D eigenvalue weighted by atomic mass is 16.5. The van der Waals surface area contributed by atoms with E-state index in [0.29, 0.717) is 25.7 Å². The molecule has 3 fully saturated rings. The number of rotatable bonds is 4. The molecule has 1 amide bonds. The molecule has 3 aliphatic rings. The van der Waals surface area contributed by atoms with Gasteiger partial charge in [0.2, 0.25) is 5.91 Å². The molecule has 2 aliphatic carbocycles. The molecule has 1 aliphatic heterocycles. The minimum absolute atomic E-state index is 0.283. The molecule has 1 N–H and O–H groups in total. The van der Waals surface area contributed by atoms with Crippen molar-refractivity contribution in [2.75, 3.05) is 32.8 Å². The maximum atomic E-state index is 11.9. The van der Waals surface area contributed by atoms with Crippen LogP contribution < -0.4 is 5.32 Å². The van der Waals surface area contributed by atoms with E-state index in [1.54, 1.807) is 0 Å². The molecule has 0 spiro atoms. The lowest BCUT2D eigenvalue weighted by molar-refractivity contribution is -0.135. The lowest BCUT2D eigenvalue weighted by Gasteiger charge is -2.27. The van der Waals surface area contributed by atoms with Gasteiger partial charge >= 0.3 is 0 Å². The van der Waals surface area contributed by atoms with Crippen molar-refractivity contribution in [1.82, 2.24) is 10.2 Å². The second-order valence-corrected chi connectivity index (χ2v) is 5.54. The van der Waals surface area contributed by atoms with Crippen molar-refractivity contribution in [2.45, 2.75) is 31.7 Å². The Kier molecular flexibility index (Phi) is 3.34. The Bertz CT molecular complexity index is 289. The minimum Gasteiger partial charge on any atom is -0.378 e. The van der Waals surface area contributed by atoms with Crippen LogP contribution in [-0.4, -0.2) is 49.7 Å². The Labute approximate surface area is 103 Å². The van der Waals surface area contributed by atoms with Gasteiger partial charge in [-0.05, 0) is 31.1 Å². The molecule has 0 aromatic rings. The van der Waals surface area contributed by atoms with Crippen LogP contribution in [-0.2, 0) is 9.53 Å². The first kappa shape index (κ1) is 11.5. The van der Waals surface area contributed by atoms with Gasteiger partial charge in [-0.3, -0.25) is 4.79 Å². The standard InChI is InChI=1S/C13H22N2O2/c16-13(15-5-7-17-8-6-15)3-4-14-12-2-1-10-9-11(10)12/h10-12,14H,1-9H2/t10-,11+,12?/m0/s1. The normalized spacial score (nSPS) is 35.8. The number of nitrogens with one attached hydrogen (secondary N) is 1. The third-order valence-corrected chi connectivity index (χ3v) is 4.45. The fourth-order valence-electron chi connectivity index (χ4n) is 3.29. The molecule has 0 bridgehead atoms. The SMILES string of the molecule is O=C(CCNC1CC[C@H]2C[C@@H]12)N1CCOCC1. The van der Waals surface area contributed by atoms with Gasteiger partial charge in [0, 0.05) is 32.1 Å². The van der Waals surface area contributed by atoms with E-state index in [0.717, 1.165) is 31.5 Å². The summed E-state index contributed by atoms with van der Waals surface area (Å²) in [6, 6.07) is 0.706. The quantitative estimate of drug-likeness (QED) is 0.781. The number of nitrogens with zero attached hydrogens (tertiary/aromatic N) is 1. The highest BCUT2D eigenvalue weighted by Gasteiger charge is 2.47. The summed E-state index contributed by atoms with van der Waals surface area (Å²) < 4.78 is 5.25. The second-order valence-electron chi connectivity index (χ2n) is 5.54. The van der Waals surface area contributed by atoms with Gasteiger partial charge < -0.3 is 15.0 Å². The van der Waals surface area contributed by atoms with E-state index in [9.17, 15) is 4.79 Å². The molecule has 4 nitrogen and oxygen atoms in total. The van der Waals surface area contributed by atoms with Crippen LogP contribution in [0.15, 0.2) is 0 Å². The minimum atomic E-state index is 0.283. The molecular formula is C13H22N2O2. The van der Waals surface area contributed by atoms with Gasteiger partial charge in [0.05, 0.1) is 13.2 Å². The van der Waals surface area contributed by atoms with Crippen molar-refractivity contribution in [1.29, 1.82) is 0 Å². The third-order valence-electron chi connectivity index (χ3n) is 4.45. The van der Waals surface area contributed by atoms with Crippen molar-refractivity contribution in [3.05, 3.63) is 0 Å². The van der Waals surface area contributed by atoms with Crippen LogP contribution in [0.2, 0.25) is 0 Å². The number of amides is 1. The fraction of sp³-hybridized carbons (Fsp3) is 0.923. The van der Waals surface area contributed by atoms with Crippen LogP contribution in [0.25, 0.3) is 0 Å². The Hall–Kier alpha value is -0.610. The Morgan fingerprint density at radius 1 is 1.29 bits per heavy atom. The second kappa shape index (κ2) is 4.94. The summed E-state index contributed by atoms with van der Waals surface area (Å²) in [5.74, 6) is 2.24. The first-order valence-electron chi connectivity index (χ1n) is 6.93. The van der Waals surface area contributed by atoms with Crippen molar-refractivity contribution in [2.24, 2.45) is 11.8 Å². The molecule has 3 atom stereocenters. The van der Waals surface area contributed by atoms with Gasteiger partial charge in [-0.15, -0.1) is 0 Å². The van der Waals surface area contributed by atoms with Gasteiger partial charge in [-0.2, -0.15) is 0 Å². The highest BCUT2D eigenvalue weighted by Crippen LogP contribution is 2.51. The maximum absolute atomic E-state index is 11.9. The molecule has 96 valence electrons. The van der Waals surface area contributed by atoms with Gasteiger partial charge in [0.1, 0.15) is 0 Å². The molecule has 0 aromatic carbocycles. The summed E-state index contributed by atoms with van der Waals surface area (Å²) in [6.45, 7) is 3.79. The summed E-state index contributed by atoms with van der Waals surface area (Å²) in [5, 5.41) is 3.56. The predicted molar refractivity (Wildman–Crippen MR) is 64.6 cm³/mol. The molecule has 3 rings (SSSR count).